The minimum atomic E-state index is -0.737. The number of nitrogens with zero attached hydrogens (tertiary/aromatic N) is 1. The topological polar surface area (TPSA) is 3.24 Å². The Balaban J connectivity index is 2.61. The Morgan fingerprint density at radius 3 is 2.75 bits per heavy atom. The maximum atomic E-state index is 13.4. The maximum Gasteiger partial charge on any atom is 0.134 e. The fourth-order valence-corrected chi connectivity index (χ4v) is 1.62. The SMILES string of the molecule is CCN1CC=C(C(C)C)C(F)C1. The van der Waals surface area contributed by atoms with Gasteiger partial charge in [0.2, 0.25) is 0 Å². The van der Waals surface area contributed by atoms with Crippen molar-refractivity contribution in [3.05, 3.63) is 11.6 Å². The van der Waals surface area contributed by atoms with Crippen LogP contribution in [0.15, 0.2) is 11.6 Å². The molecule has 0 saturated heterocycles. The van der Waals surface area contributed by atoms with E-state index in [0.717, 1.165) is 18.7 Å². The summed E-state index contributed by atoms with van der Waals surface area (Å²) in [6.07, 6.45) is 1.31. The van der Waals surface area contributed by atoms with Crippen LogP contribution in [0.3, 0.4) is 0 Å². The molecule has 0 N–H and O–H groups in total. The summed E-state index contributed by atoms with van der Waals surface area (Å²) in [5, 5.41) is 0. The molecule has 0 saturated carbocycles. The molecule has 0 amide bonds. The second-order valence-corrected chi connectivity index (χ2v) is 3.68. The van der Waals surface area contributed by atoms with Crippen LogP contribution in [-0.2, 0) is 0 Å². The lowest BCUT2D eigenvalue weighted by Gasteiger charge is -2.29. The van der Waals surface area contributed by atoms with Gasteiger partial charge in [0.25, 0.3) is 0 Å². The molecule has 0 aromatic carbocycles. The average Bonchev–Trinajstić information content (AvgIpc) is 2.03. The van der Waals surface area contributed by atoms with Crippen LogP contribution in [0.1, 0.15) is 20.8 Å². The number of alkyl halides is 1. The van der Waals surface area contributed by atoms with Crippen molar-refractivity contribution in [1.82, 2.24) is 4.90 Å². The van der Waals surface area contributed by atoms with Gasteiger partial charge in [-0.1, -0.05) is 26.8 Å². The quantitative estimate of drug-likeness (QED) is 0.576. The Kier molecular flexibility index (Phi) is 3.27. The van der Waals surface area contributed by atoms with Crippen LogP contribution in [0.25, 0.3) is 0 Å². The second-order valence-electron chi connectivity index (χ2n) is 3.68. The molecule has 0 aromatic rings. The lowest BCUT2D eigenvalue weighted by atomic mass is 9.95. The van der Waals surface area contributed by atoms with Crippen molar-refractivity contribution in [2.45, 2.75) is 26.9 Å². The van der Waals surface area contributed by atoms with E-state index in [2.05, 4.69) is 25.7 Å². The molecular weight excluding hydrogens is 153 g/mol. The van der Waals surface area contributed by atoms with Gasteiger partial charge in [0.15, 0.2) is 0 Å². The van der Waals surface area contributed by atoms with E-state index in [1.807, 2.05) is 6.08 Å². The van der Waals surface area contributed by atoms with Gasteiger partial charge < -0.3 is 0 Å². The fraction of sp³-hybridized carbons (Fsp3) is 0.800. The summed E-state index contributed by atoms with van der Waals surface area (Å²) in [5.41, 5.74) is 0.986. The predicted octanol–water partition coefficient (Wildman–Crippen LogP) is 2.24. The standard InChI is InChI=1S/C10H18FN/c1-4-12-6-5-9(8(2)3)10(11)7-12/h5,8,10H,4,6-7H2,1-3H3. The van der Waals surface area contributed by atoms with Crippen molar-refractivity contribution in [3.63, 3.8) is 0 Å². The highest BCUT2D eigenvalue weighted by Crippen LogP contribution is 2.21. The minimum absolute atomic E-state index is 0.360. The van der Waals surface area contributed by atoms with Crippen LogP contribution in [0.4, 0.5) is 4.39 Å². The molecule has 1 heterocycles. The number of hydrogen-bond acceptors (Lipinski definition) is 1. The first-order chi connectivity index (χ1) is 5.65. The third kappa shape index (κ3) is 2.07. The van der Waals surface area contributed by atoms with Crippen LogP contribution in [-0.4, -0.2) is 30.7 Å². The van der Waals surface area contributed by atoms with Gasteiger partial charge in [0, 0.05) is 13.1 Å². The van der Waals surface area contributed by atoms with Gasteiger partial charge in [-0.2, -0.15) is 0 Å². The van der Waals surface area contributed by atoms with Crippen LogP contribution in [0.5, 0.6) is 0 Å². The largest absolute Gasteiger partial charge is 0.297 e. The third-order valence-corrected chi connectivity index (χ3v) is 2.48. The maximum absolute atomic E-state index is 13.4. The summed E-state index contributed by atoms with van der Waals surface area (Å²) in [6, 6.07) is 0. The molecule has 1 rings (SSSR count). The third-order valence-electron chi connectivity index (χ3n) is 2.48. The zero-order chi connectivity index (χ0) is 9.14. The van der Waals surface area contributed by atoms with Gasteiger partial charge in [-0.05, 0) is 18.0 Å². The second kappa shape index (κ2) is 4.04. The normalized spacial score (nSPS) is 26.1. The molecule has 2 heteroatoms. The summed E-state index contributed by atoms with van der Waals surface area (Å²) in [5.74, 6) is 0.360. The first-order valence-corrected chi connectivity index (χ1v) is 4.71. The van der Waals surface area contributed by atoms with Crippen molar-refractivity contribution in [1.29, 1.82) is 0 Å². The van der Waals surface area contributed by atoms with Gasteiger partial charge >= 0.3 is 0 Å². The number of hydrogen-bond donors (Lipinski definition) is 0. The molecule has 1 atom stereocenters. The van der Waals surface area contributed by atoms with E-state index in [4.69, 9.17) is 0 Å². The lowest BCUT2D eigenvalue weighted by molar-refractivity contribution is 0.210. The molecule has 12 heavy (non-hydrogen) atoms. The molecule has 0 bridgehead atoms. The van der Waals surface area contributed by atoms with E-state index in [9.17, 15) is 4.39 Å². The molecule has 0 fully saturated rings. The Morgan fingerprint density at radius 2 is 2.33 bits per heavy atom. The summed E-state index contributed by atoms with van der Waals surface area (Å²) in [4.78, 5) is 2.12. The molecule has 0 aliphatic carbocycles. The number of likely N-dealkylation sites (N-methyl/N-ethyl adjacent to an activating group) is 1. The van der Waals surface area contributed by atoms with Crippen molar-refractivity contribution < 1.29 is 4.39 Å². The van der Waals surface area contributed by atoms with Crippen LogP contribution >= 0.6 is 0 Å². The van der Waals surface area contributed by atoms with Crippen LogP contribution in [0.2, 0.25) is 0 Å². The van der Waals surface area contributed by atoms with Crippen molar-refractivity contribution >= 4 is 0 Å². The highest BCUT2D eigenvalue weighted by molar-refractivity contribution is 5.15. The molecule has 0 spiro atoms. The first-order valence-electron chi connectivity index (χ1n) is 4.71. The monoisotopic (exact) mass is 171 g/mol. The van der Waals surface area contributed by atoms with Gasteiger partial charge in [0.1, 0.15) is 6.17 Å². The molecule has 1 aliphatic rings. The molecule has 0 aromatic heterocycles. The number of rotatable bonds is 2. The Hall–Kier alpha value is -0.370. The zero-order valence-electron chi connectivity index (χ0n) is 8.18. The molecule has 1 nitrogen and oxygen atoms in total. The van der Waals surface area contributed by atoms with E-state index in [1.165, 1.54) is 0 Å². The zero-order valence-corrected chi connectivity index (χ0v) is 8.18. The molecular formula is C10H18FN. The van der Waals surface area contributed by atoms with Crippen molar-refractivity contribution in [2.24, 2.45) is 5.92 Å². The van der Waals surface area contributed by atoms with E-state index in [1.54, 1.807) is 0 Å². The summed E-state index contributed by atoms with van der Waals surface area (Å²) in [7, 11) is 0. The highest BCUT2D eigenvalue weighted by Gasteiger charge is 2.22. The average molecular weight is 171 g/mol. The molecule has 1 aliphatic heterocycles. The van der Waals surface area contributed by atoms with Crippen molar-refractivity contribution in [3.8, 4) is 0 Å². The van der Waals surface area contributed by atoms with Crippen LogP contribution in [0, 0.1) is 5.92 Å². The predicted molar refractivity (Wildman–Crippen MR) is 49.9 cm³/mol. The molecule has 70 valence electrons. The van der Waals surface area contributed by atoms with E-state index in [0.29, 0.717) is 12.5 Å². The molecule has 1 unspecified atom stereocenters. The van der Waals surface area contributed by atoms with Gasteiger partial charge in [-0.3, -0.25) is 4.90 Å². The van der Waals surface area contributed by atoms with Gasteiger partial charge in [-0.15, -0.1) is 0 Å². The van der Waals surface area contributed by atoms with Gasteiger partial charge in [0.05, 0.1) is 0 Å². The van der Waals surface area contributed by atoms with E-state index >= 15 is 0 Å². The Morgan fingerprint density at radius 1 is 1.67 bits per heavy atom. The Bertz CT molecular complexity index is 175. The summed E-state index contributed by atoms with van der Waals surface area (Å²) in [6.45, 7) is 8.63. The lowest BCUT2D eigenvalue weighted by Crippen LogP contribution is -2.36. The Labute approximate surface area is 74.3 Å². The van der Waals surface area contributed by atoms with Crippen LogP contribution < -0.4 is 0 Å². The smallest absolute Gasteiger partial charge is 0.134 e. The highest BCUT2D eigenvalue weighted by atomic mass is 19.1. The summed E-state index contributed by atoms with van der Waals surface area (Å²) < 4.78 is 13.4. The fourth-order valence-electron chi connectivity index (χ4n) is 1.62. The molecule has 0 radical (unpaired) electrons. The summed E-state index contributed by atoms with van der Waals surface area (Å²) >= 11 is 0. The van der Waals surface area contributed by atoms with E-state index in [-0.39, 0.29) is 0 Å². The van der Waals surface area contributed by atoms with Gasteiger partial charge in [-0.25, -0.2) is 4.39 Å². The van der Waals surface area contributed by atoms with Crippen molar-refractivity contribution in [2.75, 3.05) is 19.6 Å². The first kappa shape index (κ1) is 9.72. The van der Waals surface area contributed by atoms with E-state index < -0.39 is 6.17 Å². The number of halogens is 1. The minimum Gasteiger partial charge on any atom is -0.297 e.